The predicted molar refractivity (Wildman–Crippen MR) is 90.4 cm³/mol. The molecule has 1 aromatic heterocycles. The summed E-state index contributed by atoms with van der Waals surface area (Å²) < 4.78 is 0. The van der Waals surface area contributed by atoms with E-state index in [2.05, 4.69) is 60.4 Å². The Kier molecular flexibility index (Phi) is 4.23. The van der Waals surface area contributed by atoms with Crippen LogP contribution in [0.2, 0.25) is 0 Å². The maximum atomic E-state index is 5.63. The van der Waals surface area contributed by atoms with Crippen molar-refractivity contribution in [3.05, 3.63) is 71.4 Å². The number of thioether (sulfide) groups is 1. The normalized spacial score (nSPS) is 11.0. The predicted octanol–water partition coefficient (Wildman–Crippen LogP) is 4.29. The third-order valence-corrected chi connectivity index (χ3v) is 4.54. The zero-order valence-electron chi connectivity index (χ0n) is 12.0. The summed E-state index contributed by atoms with van der Waals surface area (Å²) in [7, 11) is 0. The minimum absolute atomic E-state index is 0.596. The molecule has 3 aromatic rings. The molecule has 3 heteroatoms. The van der Waals surface area contributed by atoms with E-state index in [0.717, 1.165) is 17.0 Å². The van der Waals surface area contributed by atoms with Gasteiger partial charge < -0.3 is 5.73 Å². The third-order valence-electron chi connectivity index (χ3n) is 3.48. The quantitative estimate of drug-likeness (QED) is 0.729. The Morgan fingerprint density at radius 2 is 1.81 bits per heavy atom. The fourth-order valence-corrected chi connectivity index (χ4v) is 3.29. The number of rotatable bonds is 4. The van der Waals surface area contributed by atoms with Gasteiger partial charge in [0.25, 0.3) is 0 Å². The highest BCUT2D eigenvalue weighted by molar-refractivity contribution is 7.98. The van der Waals surface area contributed by atoms with Crippen molar-refractivity contribution in [3.8, 4) is 0 Å². The molecule has 3 rings (SSSR count). The van der Waals surface area contributed by atoms with Crippen LogP contribution in [0.5, 0.6) is 0 Å². The monoisotopic (exact) mass is 294 g/mol. The molecule has 0 saturated carbocycles. The summed E-state index contributed by atoms with van der Waals surface area (Å²) in [4.78, 5) is 5.86. The van der Waals surface area contributed by atoms with Crippen molar-refractivity contribution >= 4 is 22.7 Å². The minimum atomic E-state index is 0.596. The molecule has 0 spiro atoms. The molecule has 0 amide bonds. The number of aryl methyl sites for hydroxylation is 1. The molecule has 106 valence electrons. The molecule has 0 atom stereocenters. The highest BCUT2D eigenvalue weighted by Crippen LogP contribution is 2.27. The molecule has 2 aromatic carbocycles. The Morgan fingerprint density at radius 1 is 1.05 bits per heavy atom. The number of hydrogen-bond donors (Lipinski definition) is 1. The van der Waals surface area contributed by atoms with E-state index in [1.807, 2.05) is 17.8 Å². The zero-order chi connectivity index (χ0) is 14.7. The number of pyridine rings is 1. The summed E-state index contributed by atoms with van der Waals surface area (Å²) in [5, 5.41) is 1.24. The van der Waals surface area contributed by atoms with E-state index >= 15 is 0 Å². The Hall–Kier alpha value is -1.84. The second-order valence-corrected chi connectivity index (χ2v) is 6.13. The number of aromatic nitrogens is 1. The van der Waals surface area contributed by atoms with Crippen LogP contribution in [-0.4, -0.2) is 4.98 Å². The van der Waals surface area contributed by atoms with Crippen LogP contribution < -0.4 is 5.73 Å². The standard InChI is InChI=1S/C18H18N2S/c1-13-10-15(17-4-2-3-5-18(17)20-13)12-21-16-8-6-14(11-19)7-9-16/h2-10H,11-12,19H2,1H3. The van der Waals surface area contributed by atoms with Gasteiger partial charge in [-0.15, -0.1) is 11.8 Å². The van der Waals surface area contributed by atoms with Crippen LogP contribution in [0.25, 0.3) is 10.9 Å². The molecule has 0 saturated heterocycles. The molecule has 1 heterocycles. The van der Waals surface area contributed by atoms with Crippen LogP contribution in [0, 0.1) is 6.92 Å². The van der Waals surface area contributed by atoms with Gasteiger partial charge in [0, 0.05) is 28.3 Å². The maximum absolute atomic E-state index is 5.63. The van der Waals surface area contributed by atoms with E-state index in [1.54, 1.807) is 0 Å². The summed E-state index contributed by atoms with van der Waals surface area (Å²) >= 11 is 1.85. The SMILES string of the molecule is Cc1cc(CSc2ccc(CN)cc2)c2ccccc2n1. The Morgan fingerprint density at radius 3 is 2.57 bits per heavy atom. The van der Waals surface area contributed by atoms with Gasteiger partial charge in [-0.05, 0) is 42.3 Å². The van der Waals surface area contributed by atoms with Gasteiger partial charge in [-0.2, -0.15) is 0 Å². The van der Waals surface area contributed by atoms with Gasteiger partial charge in [-0.3, -0.25) is 4.98 Å². The highest BCUT2D eigenvalue weighted by atomic mass is 32.2. The molecule has 0 bridgehead atoms. The molecule has 0 aliphatic rings. The summed E-state index contributed by atoms with van der Waals surface area (Å²) in [6.07, 6.45) is 0. The summed E-state index contributed by atoms with van der Waals surface area (Å²) in [6.45, 7) is 2.65. The van der Waals surface area contributed by atoms with Crippen molar-refractivity contribution in [2.24, 2.45) is 5.73 Å². The number of benzene rings is 2. The first-order valence-corrected chi connectivity index (χ1v) is 8.02. The van der Waals surface area contributed by atoms with Crippen LogP contribution in [0.15, 0.2) is 59.5 Å². The molecule has 0 unspecified atom stereocenters. The van der Waals surface area contributed by atoms with E-state index in [0.29, 0.717) is 6.54 Å². The van der Waals surface area contributed by atoms with E-state index in [1.165, 1.54) is 21.4 Å². The molecule has 0 radical (unpaired) electrons. The Labute approximate surface area is 129 Å². The first-order chi connectivity index (χ1) is 10.3. The van der Waals surface area contributed by atoms with Crippen molar-refractivity contribution in [1.82, 2.24) is 4.98 Å². The number of nitrogens with zero attached hydrogens (tertiary/aromatic N) is 1. The molecule has 2 nitrogen and oxygen atoms in total. The van der Waals surface area contributed by atoms with Crippen molar-refractivity contribution in [2.45, 2.75) is 24.1 Å². The first-order valence-electron chi connectivity index (χ1n) is 7.03. The lowest BCUT2D eigenvalue weighted by molar-refractivity contribution is 1.07. The largest absolute Gasteiger partial charge is 0.326 e. The maximum Gasteiger partial charge on any atom is 0.0708 e. The first kappa shape index (κ1) is 14.1. The van der Waals surface area contributed by atoms with Gasteiger partial charge in [0.1, 0.15) is 0 Å². The van der Waals surface area contributed by atoms with Crippen LogP contribution in [0.3, 0.4) is 0 Å². The summed E-state index contributed by atoms with van der Waals surface area (Å²) in [6, 6.07) is 19.0. The van der Waals surface area contributed by atoms with Crippen molar-refractivity contribution in [2.75, 3.05) is 0 Å². The van der Waals surface area contributed by atoms with Gasteiger partial charge in [-0.25, -0.2) is 0 Å². The molecular weight excluding hydrogens is 276 g/mol. The number of fused-ring (bicyclic) bond motifs is 1. The fourth-order valence-electron chi connectivity index (χ4n) is 2.40. The van der Waals surface area contributed by atoms with Crippen LogP contribution in [0.4, 0.5) is 0 Å². The Balaban J connectivity index is 1.84. The summed E-state index contributed by atoms with van der Waals surface area (Å²) in [5.41, 5.74) is 10.3. The van der Waals surface area contributed by atoms with Crippen molar-refractivity contribution in [3.63, 3.8) is 0 Å². The van der Waals surface area contributed by atoms with Crippen LogP contribution in [-0.2, 0) is 12.3 Å². The van der Waals surface area contributed by atoms with Gasteiger partial charge in [-0.1, -0.05) is 30.3 Å². The zero-order valence-corrected chi connectivity index (χ0v) is 12.9. The lowest BCUT2D eigenvalue weighted by atomic mass is 10.1. The summed E-state index contributed by atoms with van der Waals surface area (Å²) in [5.74, 6) is 0.950. The molecule has 2 N–H and O–H groups in total. The van der Waals surface area contributed by atoms with Gasteiger partial charge in [0.2, 0.25) is 0 Å². The van der Waals surface area contributed by atoms with Gasteiger partial charge >= 0.3 is 0 Å². The molecule has 0 aliphatic carbocycles. The van der Waals surface area contributed by atoms with Crippen molar-refractivity contribution < 1.29 is 0 Å². The van der Waals surface area contributed by atoms with Crippen LogP contribution in [0.1, 0.15) is 16.8 Å². The minimum Gasteiger partial charge on any atom is -0.326 e. The smallest absolute Gasteiger partial charge is 0.0708 e. The second kappa shape index (κ2) is 6.29. The van der Waals surface area contributed by atoms with Gasteiger partial charge in [0.15, 0.2) is 0 Å². The molecule has 21 heavy (non-hydrogen) atoms. The number of hydrogen-bond acceptors (Lipinski definition) is 3. The van der Waals surface area contributed by atoms with E-state index in [-0.39, 0.29) is 0 Å². The average Bonchev–Trinajstić information content (AvgIpc) is 2.53. The lowest BCUT2D eigenvalue weighted by Gasteiger charge is -2.08. The topological polar surface area (TPSA) is 38.9 Å². The van der Waals surface area contributed by atoms with Gasteiger partial charge in [0.05, 0.1) is 5.52 Å². The van der Waals surface area contributed by atoms with E-state index in [4.69, 9.17) is 5.73 Å². The second-order valence-electron chi connectivity index (χ2n) is 5.08. The molecule has 0 fully saturated rings. The lowest BCUT2D eigenvalue weighted by Crippen LogP contribution is -1.95. The highest BCUT2D eigenvalue weighted by Gasteiger charge is 2.04. The fraction of sp³-hybridized carbons (Fsp3) is 0.167. The molecule has 0 aliphatic heterocycles. The third kappa shape index (κ3) is 3.26. The number of nitrogens with two attached hydrogens (primary N) is 1. The Bertz CT molecular complexity index is 751. The number of para-hydroxylation sites is 1. The van der Waals surface area contributed by atoms with E-state index < -0.39 is 0 Å². The average molecular weight is 294 g/mol. The molecular formula is C18H18N2S. The van der Waals surface area contributed by atoms with Crippen molar-refractivity contribution in [1.29, 1.82) is 0 Å². The van der Waals surface area contributed by atoms with Crippen LogP contribution >= 0.6 is 11.8 Å². The van der Waals surface area contributed by atoms with E-state index in [9.17, 15) is 0 Å².